The molecular weight excluding hydrogens is 361 g/mol. The molecule has 6 heteroatoms. The molecule has 0 aliphatic rings. The molecule has 0 fully saturated rings. The lowest BCUT2D eigenvalue weighted by molar-refractivity contribution is 0.355. The summed E-state index contributed by atoms with van der Waals surface area (Å²) in [4.78, 5) is 0. The number of nitrogens with one attached hydrogen (secondary N) is 1. The molecule has 2 aromatic carbocycles. The molecule has 0 aliphatic carbocycles. The largest absolute Gasteiger partial charge is 0.493 e. The summed E-state index contributed by atoms with van der Waals surface area (Å²) in [5.74, 6) is 0.686. The van der Waals surface area contributed by atoms with Gasteiger partial charge in [-0.05, 0) is 39.7 Å². The molecule has 0 spiro atoms. The fraction of sp³-hybridized carbons (Fsp3) is 0.200. The Kier molecular flexibility index (Phi) is 5.31. The Hall–Kier alpha value is -1.46. The summed E-state index contributed by atoms with van der Waals surface area (Å²) in [6, 6.07) is 8.36. The Balaban J connectivity index is 2.25. The third kappa shape index (κ3) is 3.41. The van der Waals surface area contributed by atoms with Crippen LogP contribution in [0, 0.1) is 5.82 Å². The minimum absolute atomic E-state index is 0.332. The lowest BCUT2D eigenvalue weighted by atomic mass is 10.2. The van der Waals surface area contributed by atoms with Crippen LogP contribution in [0.4, 0.5) is 10.1 Å². The van der Waals surface area contributed by atoms with Gasteiger partial charge in [-0.15, -0.1) is 0 Å². The van der Waals surface area contributed by atoms with Gasteiger partial charge in [-0.3, -0.25) is 0 Å². The van der Waals surface area contributed by atoms with Gasteiger partial charge in [0, 0.05) is 11.0 Å². The zero-order valence-electron chi connectivity index (χ0n) is 11.5. The Bertz CT molecular complexity index is 632. The van der Waals surface area contributed by atoms with Crippen LogP contribution in [-0.4, -0.2) is 14.2 Å². The molecule has 0 aromatic heterocycles. The quantitative estimate of drug-likeness (QED) is 0.810. The molecule has 0 bridgehead atoms. The van der Waals surface area contributed by atoms with Crippen molar-refractivity contribution in [2.45, 2.75) is 6.54 Å². The molecule has 21 heavy (non-hydrogen) atoms. The maximum Gasteiger partial charge on any atom is 0.179 e. The van der Waals surface area contributed by atoms with Crippen molar-refractivity contribution in [3.05, 3.63) is 51.2 Å². The number of para-hydroxylation sites is 1. The molecule has 2 aromatic rings. The van der Waals surface area contributed by atoms with Gasteiger partial charge in [0.05, 0.1) is 24.9 Å². The summed E-state index contributed by atoms with van der Waals surface area (Å²) < 4.78 is 24.8. The second-order valence-corrected chi connectivity index (χ2v) is 5.46. The van der Waals surface area contributed by atoms with Crippen LogP contribution in [-0.2, 0) is 6.54 Å². The molecule has 0 radical (unpaired) electrons. The first-order chi connectivity index (χ1) is 10.1. The summed E-state index contributed by atoms with van der Waals surface area (Å²) in [6.07, 6.45) is 0. The predicted octanol–water partition coefficient (Wildman–Crippen LogP) is 4.87. The first kappa shape index (κ1) is 15.9. The Morgan fingerprint density at radius 2 is 1.95 bits per heavy atom. The van der Waals surface area contributed by atoms with Crippen LogP contribution in [0.1, 0.15) is 5.56 Å². The van der Waals surface area contributed by atoms with Gasteiger partial charge in [-0.25, -0.2) is 4.39 Å². The van der Waals surface area contributed by atoms with Crippen molar-refractivity contribution in [2.24, 2.45) is 0 Å². The molecule has 0 unspecified atom stereocenters. The third-order valence-corrected chi connectivity index (χ3v) is 4.06. The molecular formula is C15H14BrClFNO2. The van der Waals surface area contributed by atoms with Gasteiger partial charge in [0.2, 0.25) is 0 Å². The minimum atomic E-state index is -0.332. The van der Waals surface area contributed by atoms with E-state index in [1.807, 2.05) is 6.07 Å². The minimum Gasteiger partial charge on any atom is -0.493 e. The SMILES string of the molecule is COc1ccc(CNc2c(F)cccc2Br)c(Cl)c1OC. The van der Waals surface area contributed by atoms with Crippen molar-refractivity contribution in [1.82, 2.24) is 0 Å². The standard InChI is InChI=1S/C15H14BrClFNO2/c1-20-12-7-6-9(13(17)15(12)21-2)8-19-14-10(16)4-3-5-11(14)18/h3-7,19H,8H2,1-2H3. The predicted molar refractivity (Wildman–Crippen MR) is 86.0 cm³/mol. The second-order valence-electron chi connectivity index (χ2n) is 4.22. The fourth-order valence-corrected chi connectivity index (χ4v) is 2.70. The van der Waals surface area contributed by atoms with E-state index in [-0.39, 0.29) is 5.82 Å². The van der Waals surface area contributed by atoms with E-state index in [9.17, 15) is 4.39 Å². The molecule has 0 atom stereocenters. The number of halogens is 3. The third-order valence-electron chi connectivity index (χ3n) is 2.98. The van der Waals surface area contributed by atoms with Crippen molar-refractivity contribution in [1.29, 1.82) is 0 Å². The van der Waals surface area contributed by atoms with E-state index in [2.05, 4.69) is 21.2 Å². The average molecular weight is 375 g/mol. The topological polar surface area (TPSA) is 30.5 Å². The van der Waals surface area contributed by atoms with Crippen LogP contribution in [0.25, 0.3) is 0 Å². The number of benzene rings is 2. The van der Waals surface area contributed by atoms with Crippen molar-refractivity contribution >= 4 is 33.2 Å². The van der Waals surface area contributed by atoms with Crippen molar-refractivity contribution < 1.29 is 13.9 Å². The van der Waals surface area contributed by atoms with Crippen LogP contribution in [0.3, 0.4) is 0 Å². The van der Waals surface area contributed by atoms with Gasteiger partial charge in [0.25, 0.3) is 0 Å². The Morgan fingerprint density at radius 3 is 2.57 bits per heavy atom. The van der Waals surface area contributed by atoms with E-state index in [1.165, 1.54) is 13.2 Å². The maximum atomic E-state index is 13.7. The van der Waals surface area contributed by atoms with Gasteiger partial charge in [0.15, 0.2) is 11.5 Å². The van der Waals surface area contributed by atoms with Gasteiger partial charge in [-0.1, -0.05) is 23.7 Å². The summed E-state index contributed by atoms with van der Waals surface area (Å²) in [5.41, 5.74) is 1.17. The van der Waals surface area contributed by atoms with Crippen molar-refractivity contribution in [3.63, 3.8) is 0 Å². The van der Waals surface area contributed by atoms with Crippen LogP contribution in [0.5, 0.6) is 11.5 Å². The molecule has 0 heterocycles. The van der Waals surface area contributed by atoms with Crippen LogP contribution < -0.4 is 14.8 Å². The summed E-state index contributed by atoms with van der Waals surface area (Å²) >= 11 is 9.60. The summed E-state index contributed by atoms with van der Waals surface area (Å²) in [6.45, 7) is 0.360. The molecule has 0 amide bonds. The second kappa shape index (κ2) is 7.00. The van der Waals surface area contributed by atoms with Crippen molar-refractivity contribution in [2.75, 3.05) is 19.5 Å². The molecule has 1 N–H and O–H groups in total. The number of rotatable bonds is 5. The van der Waals surface area contributed by atoms with Gasteiger partial charge >= 0.3 is 0 Å². The smallest absolute Gasteiger partial charge is 0.179 e. The molecule has 2 rings (SSSR count). The number of hydrogen-bond acceptors (Lipinski definition) is 3. The fourth-order valence-electron chi connectivity index (χ4n) is 1.92. The van der Waals surface area contributed by atoms with E-state index in [1.54, 1.807) is 25.3 Å². The van der Waals surface area contributed by atoms with Crippen LogP contribution in [0.2, 0.25) is 5.02 Å². The Labute approximate surface area is 136 Å². The summed E-state index contributed by atoms with van der Waals surface area (Å²) in [7, 11) is 3.07. The van der Waals surface area contributed by atoms with E-state index < -0.39 is 0 Å². The summed E-state index contributed by atoms with van der Waals surface area (Å²) in [5, 5.41) is 3.47. The normalized spacial score (nSPS) is 10.3. The highest BCUT2D eigenvalue weighted by atomic mass is 79.9. The average Bonchev–Trinajstić information content (AvgIpc) is 2.47. The monoisotopic (exact) mass is 373 g/mol. The van der Waals surface area contributed by atoms with E-state index >= 15 is 0 Å². The van der Waals surface area contributed by atoms with E-state index in [0.29, 0.717) is 33.2 Å². The molecule has 0 aliphatic heterocycles. The highest BCUT2D eigenvalue weighted by Gasteiger charge is 2.14. The molecule has 0 saturated heterocycles. The van der Waals surface area contributed by atoms with Gasteiger partial charge in [-0.2, -0.15) is 0 Å². The lowest BCUT2D eigenvalue weighted by Gasteiger charge is -2.14. The van der Waals surface area contributed by atoms with Gasteiger partial charge in [0.1, 0.15) is 5.82 Å². The molecule has 3 nitrogen and oxygen atoms in total. The molecule has 112 valence electrons. The Morgan fingerprint density at radius 1 is 1.19 bits per heavy atom. The number of anilines is 1. The zero-order valence-corrected chi connectivity index (χ0v) is 13.9. The number of methoxy groups -OCH3 is 2. The maximum absolute atomic E-state index is 13.7. The molecule has 0 saturated carbocycles. The number of ether oxygens (including phenoxy) is 2. The van der Waals surface area contributed by atoms with E-state index in [0.717, 1.165) is 5.56 Å². The van der Waals surface area contributed by atoms with E-state index in [4.69, 9.17) is 21.1 Å². The van der Waals surface area contributed by atoms with Gasteiger partial charge < -0.3 is 14.8 Å². The highest BCUT2D eigenvalue weighted by molar-refractivity contribution is 9.10. The lowest BCUT2D eigenvalue weighted by Crippen LogP contribution is -2.04. The first-order valence-electron chi connectivity index (χ1n) is 6.15. The highest BCUT2D eigenvalue weighted by Crippen LogP contribution is 2.37. The van der Waals surface area contributed by atoms with Crippen LogP contribution >= 0.6 is 27.5 Å². The van der Waals surface area contributed by atoms with Crippen LogP contribution in [0.15, 0.2) is 34.8 Å². The number of hydrogen-bond donors (Lipinski definition) is 1. The first-order valence-corrected chi connectivity index (χ1v) is 7.32. The van der Waals surface area contributed by atoms with Crippen molar-refractivity contribution in [3.8, 4) is 11.5 Å². The zero-order chi connectivity index (χ0) is 15.4.